The number of fused-ring (bicyclic) bond motifs is 2. The van der Waals surface area contributed by atoms with E-state index in [-0.39, 0.29) is 11.4 Å². The van der Waals surface area contributed by atoms with Gasteiger partial charge in [-0.15, -0.1) is 0 Å². The number of imidazole rings is 1. The van der Waals surface area contributed by atoms with Crippen LogP contribution >= 0.6 is 0 Å². The van der Waals surface area contributed by atoms with E-state index >= 15 is 0 Å². The predicted molar refractivity (Wildman–Crippen MR) is 103 cm³/mol. The number of amides is 1. The topological polar surface area (TPSA) is 80.9 Å². The second-order valence-electron chi connectivity index (χ2n) is 7.89. The summed E-state index contributed by atoms with van der Waals surface area (Å²) in [6.45, 7) is 10.0. The van der Waals surface area contributed by atoms with Gasteiger partial charge < -0.3 is 9.88 Å². The molecule has 2 N–H and O–H groups in total. The fraction of sp³-hybridized carbons (Fsp3) is 0.650. The van der Waals surface area contributed by atoms with Gasteiger partial charge in [0.1, 0.15) is 0 Å². The van der Waals surface area contributed by atoms with Crippen LogP contribution in [0.3, 0.4) is 0 Å². The molecule has 0 aliphatic carbocycles. The van der Waals surface area contributed by atoms with Gasteiger partial charge in [-0.25, -0.2) is 4.98 Å². The van der Waals surface area contributed by atoms with Crippen LogP contribution in [0.1, 0.15) is 54.5 Å². The minimum absolute atomic E-state index is 0.00495. The van der Waals surface area contributed by atoms with Crippen LogP contribution in [0, 0.1) is 13.8 Å². The molecule has 2 aliphatic rings. The Balaban J connectivity index is 1.41. The Morgan fingerprint density at radius 3 is 2.70 bits per heavy atom. The van der Waals surface area contributed by atoms with Gasteiger partial charge in [-0.05, 0) is 38.8 Å². The molecule has 27 heavy (non-hydrogen) atoms. The standard InChI is InChI=1S/C20H30N6O/c1-4-26-10-7-17-19(22-13-21-17)20(26)8-11-25(12-9-20)18(27)6-5-16-14(2)15(3)23-24-16/h13H,4-12H2,1-3H3,(H,21,22)(H,23,24). The number of carbonyl (C=O) groups excluding carboxylic acids is 1. The van der Waals surface area contributed by atoms with Gasteiger partial charge in [-0.3, -0.25) is 14.8 Å². The average molecular weight is 371 g/mol. The lowest BCUT2D eigenvalue weighted by atomic mass is 9.78. The van der Waals surface area contributed by atoms with Crippen molar-refractivity contribution in [3.63, 3.8) is 0 Å². The van der Waals surface area contributed by atoms with E-state index in [0.29, 0.717) is 12.8 Å². The summed E-state index contributed by atoms with van der Waals surface area (Å²) in [5, 5.41) is 7.33. The van der Waals surface area contributed by atoms with Crippen LogP contribution < -0.4 is 0 Å². The van der Waals surface area contributed by atoms with E-state index in [2.05, 4.69) is 38.9 Å². The minimum atomic E-state index is -0.00495. The number of hydrogen-bond acceptors (Lipinski definition) is 4. The van der Waals surface area contributed by atoms with Gasteiger partial charge in [0.2, 0.25) is 5.91 Å². The molecule has 146 valence electrons. The number of hydrogen-bond donors (Lipinski definition) is 2. The van der Waals surface area contributed by atoms with E-state index < -0.39 is 0 Å². The zero-order chi connectivity index (χ0) is 19.0. The first kappa shape index (κ1) is 18.2. The molecule has 0 unspecified atom stereocenters. The molecule has 0 radical (unpaired) electrons. The number of nitrogens with one attached hydrogen (secondary N) is 2. The fourth-order valence-corrected chi connectivity index (χ4v) is 4.83. The van der Waals surface area contributed by atoms with Crippen molar-refractivity contribution in [1.82, 2.24) is 30.0 Å². The van der Waals surface area contributed by atoms with Gasteiger partial charge in [0, 0.05) is 50.3 Å². The number of aromatic nitrogens is 4. The van der Waals surface area contributed by atoms with Gasteiger partial charge >= 0.3 is 0 Å². The third kappa shape index (κ3) is 3.08. The van der Waals surface area contributed by atoms with E-state index in [1.807, 2.05) is 18.2 Å². The maximum atomic E-state index is 12.8. The van der Waals surface area contributed by atoms with E-state index in [1.165, 1.54) is 17.0 Å². The Hall–Kier alpha value is -2.15. The van der Waals surface area contributed by atoms with Crippen LogP contribution in [-0.2, 0) is 23.2 Å². The van der Waals surface area contributed by atoms with Crippen LogP contribution in [0.2, 0.25) is 0 Å². The molecule has 7 heteroatoms. The summed E-state index contributed by atoms with van der Waals surface area (Å²) in [5.74, 6) is 0.242. The molecule has 4 rings (SSSR count). The largest absolute Gasteiger partial charge is 0.348 e. The first-order valence-electron chi connectivity index (χ1n) is 10.1. The van der Waals surface area contributed by atoms with E-state index in [1.54, 1.807) is 0 Å². The van der Waals surface area contributed by atoms with Crippen molar-refractivity contribution in [2.45, 2.75) is 58.4 Å². The molecule has 7 nitrogen and oxygen atoms in total. The highest BCUT2D eigenvalue weighted by atomic mass is 16.2. The first-order valence-corrected chi connectivity index (χ1v) is 10.1. The van der Waals surface area contributed by atoms with Crippen molar-refractivity contribution in [3.05, 3.63) is 34.7 Å². The Kier molecular flexibility index (Phi) is 4.80. The number of rotatable bonds is 4. The fourth-order valence-electron chi connectivity index (χ4n) is 4.83. The van der Waals surface area contributed by atoms with Gasteiger partial charge in [0.25, 0.3) is 0 Å². The Morgan fingerprint density at radius 1 is 1.26 bits per heavy atom. The second kappa shape index (κ2) is 7.11. The smallest absolute Gasteiger partial charge is 0.222 e. The molecule has 0 bridgehead atoms. The first-order chi connectivity index (χ1) is 13.0. The van der Waals surface area contributed by atoms with Crippen LogP contribution in [0.15, 0.2) is 6.33 Å². The number of nitrogens with zero attached hydrogens (tertiary/aromatic N) is 4. The molecule has 1 saturated heterocycles. The van der Waals surface area contributed by atoms with Crippen molar-refractivity contribution in [2.24, 2.45) is 0 Å². The van der Waals surface area contributed by atoms with Gasteiger partial charge in [-0.2, -0.15) is 5.10 Å². The van der Waals surface area contributed by atoms with Crippen LogP contribution in [0.5, 0.6) is 0 Å². The summed E-state index contributed by atoms with van der Waals surface area (Å²) < 4.78 is 0. The highest BCUT2D eigenvalue weighted by Gasteiger charge is 2.46. The third-order valence-electron chi connectivity index (χ3n) is 6.65. The molecular formula is C20H30N6O. The number of piperidine rings is 1. The normalized spacial score (nSPS) is 19.4. The summed E-state index contributed by atoms with van der Waals surface area (Å²) in [7, 11) is 0. The quantitative estimate of drug-likeness (QED) is 0.863. The second-order valence-corrected chi connectivity index (χ2v) is 7.89. The Labute approximate surface area is 160 Å². The highest BCUT2D eigenvalue weighted by Crippen LogP contribution is 2.42. The minimum Gasteiger partial charge on any atom is -0.348 e. The molecule has 2 aromatic heterocycles. The number of aromatic amines is 2. The number of H-pyrrole nitrogens is 2. The maximum Gasteiger partial charge on any atom is 0.222 e. The lowest BCUT2D eigenvalue weighted by Crippen LogP contribution is -2.57. The molecule has 4 heterocycles. The van der Waals surface area contributed by atoms with Crippen molar-refractivity contribution < 1.29 is 4.79 Å². The van der Waals surface area contributed by atoms with Gasteiger partial charge in [-0.1, -0.05) is 6.92 Å². The van der Waals surface area contributed by atoms with Crippen molar-refractivity contribution in [2.75, 3.05) is 26.2 Å². The average Bonchev–Trinajstić information content (AvgIpc) is 3.29. The van der Waals surface area contributed by atoms with Crippen LogP contribution in [0.4, 0.5) is 0 Å². The van der Waals surface area contributed by atoms with Crippen LogP contribution in [0.25, 0.3) is 0 Å². The number of aryl methyl sites for hydroxylation is 2. The van der Waals surface area contributed by atoms with E-state index in [0.717, 1.165) is 56.8 Å². The van der Waals surface area contributed by atoms with Gasteiger partial charge in [0.05, 0.1) is 23.3 Å². The third-order valence-corrected chi connectivity index (χ3v) is 6.65. The van der Waals surface area contributed by atoms with Crippen molar-refractivity contribution in [1.29, 1.82) is 0 Å². The molecule has 1 amide bonds. The molecule has 0 saturated carbocycles. The monoisotopic (exact) mass is 370 g/mol. The number of carbonyl (C=O) groups is 1. The van der Waals surface area contributed by atoms with E-state index in [4.69, 9.17) is 0 Å². The zero-order valence-corrected chi connectivity index (χ0v) is 16.6. The molecule has 0 atom stereocenters. The Bertz CT molecular complexity index is 814. The molecule has 2 aromatic rings. The van der Waals surface area contributed by atoms with Crippen LogP contribution in [-0.4, -0.2) is 62.1 Å². The Morgan fingerprint density at radius 2 is 2.04 bits per heavy atom. The summed E-state index contributed by atoms with van der Waals surface area (Å²) in [5.41, 5.74) is 5.76. The number of likely N-dealkylation sites (N-methyl/N-ethyl adjacent to an activating group) is 1. The molecule has 1 spiro atoms. The summed E-state index contributed by atoms with van der Waals surface area (Å²) in [4.78, 5) is 25.4. The summed E-state index contributed by atoms with van der Waals surface area (Å²) in [6, 6.07) is 0. The zero-order valence-electron chi connectivity index (χ0n) is 16.6. The number of likely N-dealkylation sites (tertiary alicyclic amines) is 1. The molecule has 1 fully saturated rings. The predicted octanol–water partition coefficient (Wildman–Crippen LogP) is 2.08. The molecule has 2 aliphatic heterocycles. The maximum absolute atomic E-state index is 12.8. The molecule has 0 aromatic carbocycles. The lowest BCUT2D eigenvalue weighted by molar-refractivity contribution is -0.134. The SMILES string of the molecule is CCN1CCc2[nH]cnc2C12CCN(C(=O)CCc1n[nH]c(C)c1C)CC2. The van der Waals surface area contributed by atoms with Crippen molar-refractivity contribution >= 4 is 5.91 Å². The highest BCUT2D eigenvalue weighted by molar-refractivity contribution is 5.76. The summed E-state index contributed by atoms with van der Waals surface area (Å²) in [6.07, 6.45) is 6.04. The lowest BCUT2D eigenvalue weighted by Gasteiger charge is -2.50. The van der Waals surface area contributed by atoms with Crippen molar-refractivity contribution in [3.8, 4) is 0 Å². The van der Waals surface area contributed by atoms with E-state index in [9.17, 15) is 4.79 Å². The molecular weight excluding hydrogens is 340 g/mol. The van der Waals surface area contributed by atoms with Gasteiger partial charge in [0.15, 0.2) is 0 Å². The summed E-state index contributed by atoms with van der Waals surface area (Å²) >= 11 is 0.